The summed E-state index contributed by atoms with van der Waals surface area (Å²) in [6.45, 7) is 4.00. The van der Waals surface area contributed by atoms with Crippen LogP contribution in [-0.4, -0.2) is 21.2 Å². The standard InChI is InChI=1S/C12H12N2OS/c1-7-3-4-9-10(5-7)14-11(15)8(2)6-16-12(14)13-9/h3-5,8H,6H2,1-2H3. The third kappa shape index (κ3) is 1.29. The van der Waals surface area contributed by atoms with Gasteiger partial charge in [0.1, 0.15) is 0 Å². The van der Waals surface area contributed by atoms with E-state index in [9.17, 15) is 4.79 Å². The summed E-state index contributed by atoms with van der Waals surface area (Å²) < 4.78 is 1.77. The Morgan fingerprint density at radius 1 is 1.50 bits per heavy atom. The summed E-state index contributed by atoms with van der Waals surface area (Å²) in [5, 5.41) is 0.837. The van der Waals surface area contributed by atoms with E-state index in [2.05, 4.69) is 4.98 Å². The number of benzene rings is 1. The largest absolute Gasteiger partial charge is 0.274 e. The number of rotatable bonds is 0. The monoisotopic (exact) mass is 232 g/mol. The van der Waals surface area contributed by atoms with Crippen molar-refractivity contribution in [2.45, 2.75) is 19.0 Å². The zero-order valence-corrected chi connectivity index (χ0v) is 10.0. The van der Waals surface area contributed by atoms with Gasteiger partial charge in [0, 0.05) is 11.7 Å². The average molecular weight is 232 g/mol. The molecule has 1 aromatic heterocycles. The molecule has 0 aliphatic carbocycles. The molecule has 4 heteroatoms. The summed E-state index contributed by atoms with van der Waals surface area (Å²) >= 11 is 1.66. The van der Waals surface area contributed by atoms with Crippen molar-refractivity contribution < 1.29 is 4.79 Å². The molecule has 0 spiro atoms. The molecule has 0 saturated heterocycles. The molecule has 16 heavy (non-hydrogen) atoms. The van der Waals surface area contributed by atoms with Crippen LogP contribution in [0, 0.1) is 12.8 Å². The lowest BCUT2D eigenvalue weighted by atomic mass is 10.2. The first-order chi connectivity index (χ1) is 7.66. The number of carbonyl (C=O) groups is 1. The maximum absolute atomic E-state index is 12.1. The number of fused-ring (bicyclic) bond motifs is 3. The van der Waals surface area contributed by atoms with Gasteiger partial charge in [-0.2, -0.15) is 0 Å². The summed E-state index contributed by atoms with van der Waals surface area (Å²) in [5.74, 6) is 1.08. The summed E-state index contributed by atoms with van der Waals surface area (Å²) in [4.78, 5) is 16.6. The van der Waals surface area contributed by atoms with Gasteiger partial charge in [-0.05, 0) is 24.6 Å². The van der Waals surface area contributed by atoms with Crippen molar-refractivity contribution in [1.29, 1.82) is 0 Å². The SMILES string of the molecule is Cc1ccc2nc3n(c2c1)C(=O)C(C)CS3. The molecule has 1 aliphatic heterocycles. The molecule has 0 radical (unpaired) electrons. The molecule has 1 unspecified atom stereocenters. The van der Waals surface area contributed by atoms with Crippen molar-refractivity contribution in [2.75, 3.05) is 5.75 Å². The second-order valence-corrected chi connectivity index (χ2v) is 5.26. The number of hydrogen-bond acceptors (Lipinski definition) is 3. The lowest BCUT2D eigenvalue weighted by molar-refractivity contribution is 0.0847. The topological polar surface area (TPSA) is 34.9 Å². The Hall–Kier alpha value is -1.29. The molecule has 1 aromatic carbocycles. The van der Waals surface area contributed by atoms with Gasteiger partial charge in [0.2, 0.25) is 5.91 Å². The molecular formula is C12H12N2OS. The molecule has 3 nitrogen and oxygen atoms in total. The number of imidazole rings is 1. The minimum atomic E-state index is 0.0791. The van der Waals surface area contributed by atoms with Crippen molar-refractivity contribution in [3.63, 3.8) is 0 Å². The van der Waals surface area contributed by atoms with Crippen LogP contribution in [0.25, 0.3) is 11.0 Å². The van der Waals surface area contributed by atoms with E-state index in [1.807, 2.05) is 32.0 Å². The molecule has 3 rings (SSSR count). The smallest absolute Gasteiger partial charge is 0.236 e. The van der Waals surface area contributed by atoms with E-state index >= 15 is 0 Å². The molecule has 0 fully saturated rings. The van der Waals surface area contributed by atoms with Gasteiger partial charge >= 0.3 is 0 Å². The molecule has 0 bridgehead atoms. The Morgan fingerprint density at radius 2 is 2.31 bits per heavy atom. The van der Waals surface area contributed by atoms with Crippen molar-refractivity contribution in [1.82, 2.24) is 9.55 Å². The van der Waals surface area contributed by atoms with Crippen LogP contribution in [0.4, 0.5) is 0 Å². The Bertz CT molecular complexity index is 588. The highest BCUT2D eigenvalue weighted by molar-refractivity contribution is 7.99. The van der Waals surface area contributed by atoms with Gasteiger partial charge in [-0.3, -0.25) is 9.36 Å². The zero-order chi connectivity index (χ0) is 11.3. The second-order valence-electron chi connectivity index (χ2n) is 4.27. The van der Waals surface area contributed by atoms with E-state index in [4.69, 9.17) is 0 Å². The highest BCUT2D eigenvalue weighted by Gasteiger charge is 2.27. The third-order valence-corrected chi connectivity index (χ3v) is 4.08. The van der Waals surface area contributed by atoms with Gasteiger partial charge in [0.25, 0.3) is 0 Å². The molecule has 1 aliphatic rings. The van der Waals surface area contributed by atoms with Gasteiger partial charge < -0.3 is 0 Å². The highest BCUT2D eigenvalue weighted by atomic mass is 32.2. The van der Waals surface area contributed by atoms with Crippen LogP contribution in [0.3, 0.4) is 0 Å². The molecule has 2 aromatic rings. The summed E-state index contributed by atoms with van der Waals surface area (Å²) in [6, 6.07) is 6.04. The minimum Gasteiger partial charge on any atom is -0.274 e. The molecule has 2 heterocycles. The van der Waals surface area contributed by atoms with Crippen LogP contribution in [0.5, 0.6) is 0 Å². The Labute approximate surface area is 97.9 Å². The number of aromatic nitrogens is 2. The van der Waals surface area contributed by atoms with Crippen molar-refractivity contribution >= 4 is 28.7 Å². The van der Waals surface area contributed by atoms with Crippen molar-refractivity contribution in [3.05, 3.63) is 23.8 Å². The van der Waals surface area contributed by atoms with E-state index in [1.54, 1.807) is 16.3 Å². The van der Waals surface area contributed by atoms with Gasteiger partial charge in [0.05, 0.1) is 11.0 Å². The summed E-state index contributed by atoms with van der Waals surface area (Å²) in [6.07, 6.45) is 0. The fourth-order valence-electron chi connectivity index (χ4n) is 1.96. The average Bonchev–Trinajstić information content (AvgIpc) is 2.62. The number of thioether (sulfide) groups is 1. The number of carbonyl (C=O) groups excluding carboxylic acids is 1. The van der Waals surface area contributed by atoms with Gasteiger partial charge in [-0.1, -0.05) is 24.8 Å². The number of aryl methyl sites for hydroxylation is 1. The minimum absolute atomic E-state index is 0.0791. The van der Waals surface area contributed by atoms with Gasteiger partial charge in [0.15, 0.2) is 5.16 Å². The highest BCUT2D eigenvalue weighted by Crippen LogP contribution is 2.31. The maximum Gasteiger partial charge on any atom is 0.236 e. The van der Waals surface area contributed by atoms with Crippen LogP contribution >= 0.6 is 11.8 Å². The van der Waals surface area contributed by atoms with E-state index in [0.29, 0.717) is 0 Å². The van der Waals surface area contributed by atoms with E-state index < -0.39 is 0 Å². The molecule has 0 saturated carbocycles. The van der Waals surface area contributed by atoms with E-state index in [1.165, 1.54) is 0 Å². The first-order valence-corrected chi connectivity index (χ1v) is 6.31. The fraction of sp³-hybridized carbons (Fsp3) is 0.333. The number of hydrogen-bond donors (Lipinski definition) is 0. The molecule has 1 atom stereocenters. The van der Waals surface area contributed by atoms with Gasteiger partial charge in [-0.15, -0.1) is 0 Å². The Morgan fingerprint density at radius 3 is 3.12 bits per heavy atom. The molecule has 82 valence electrons. The maximum atomic E-state index is 12.1. The zero-order valence-electron chi connectivity index (χ0n) is 9.23. The lowest BCUT2D eigenvalue weighted by Crippen LogP contribution is -2.25. The van der Waals surface area contributed by atoms with Crippen LogP contribution < -0.4 is 0 Å². The summed E-state index contributed by atoms with van der Waals surface area (Å²) in [7, 11) is 0. The number of nitrogens with zero attached hydrogens (tertiary/aromatic N) is 2. The lowest BCUT2D eigenvalue weighted by Gasteiger charge is -2.18. The predicted octanol–water partition coefficient (Wildman–Crippen LogP) is 2.73. The Balaban J connectivity index is 2.34. The first-order valence-electron chi connectivity index (χ1n) is 5.33. The third-order valence-electron chi connectivity index (χ3n) is 2.88. The predicted molar refractivity (Wildman–Crippen MR) is 65.0 cm³/mol. The second kappa shape index (κ2) is 3.35. The fourth-order valence-corrected chi connectivity index (χ4v) is 2.99. The first kappa shape index (κ1) is 9.90. The summed E-state index contributed by atoms with van der Waals surface area (Å²) in [5.41, 5.74) is 3.01. The molecule has 0 N–H and O–H groups in total. The van der Waals surface area contributed by atoms with Crippen LogP contribution in [0.15, 0.2) is 23.4 Å². The molecule has 0 amide bonds. The van der Waals surface area contributed by atoms with E-state index in [-0.39, 0.29) is 11.8 Å². The van der Waals surface area contributed by atoms with Crippen molar-refractivity contribution in [3.8, 4) is 0 Å². The van der Waals surface area contributed by atoms with E-state index in [0.717, 1.165) is 27.5 Å². The molecular weight excluding hydrogens is 220 g/mol. The van der Waals surface area contributed by atoms with Crippen LogP contribution in [0.1, 0.15) is 17.3 Å². The Kier molecular flexibility index (Phi) is 2.07. The van der Waals surface area contributed by atoms with Gasteiger partial charge in [-0.25, -0.2) is 4.98 Å². The van der Waals surface area contributed by atoms with Crippen LogP contribution in [0.2, 0.25) is 0 Å². The quantitative estimate of drug-likeness (QED) is 0.700. The normalized spacial score (nSPS) is 20.1. The van der Waals surface area contributed by atoms with Crippen molar-refractivity contribution in [2.24, 2.45) is 5.92 Å². The van der Waals surface area contributed by atoms with Crippen LogP contribution in [-0.2, 0) is 0 Å².